The molecule has 9 heteroatoms. The van der Waals surface area contributed by atoms with Crippen molar-refractivity contribution in [2.45, 2.75) is 11.4 Å². The first-order valence-corrected chi connectivity index (χ1v) is 12.8. The number of thiazole rings is 1. The summed E-state index contributed by atoms with van der Waals surface area (Å²) in [7, 11) is -3.80. The summed E-state index contributed by atoms with van der Waals surface area (Å²) in [4.78, 5) is 8.57. The molecule has 164 valence electrons. The molecule has 0 amide bonds. The fourth-order valence-electron chi connectivity index (χ4n) is 3.59. The van der Waals surface area contributed by atoms with E-state index in [1.165, 1.54) is 11.3 Å². The van der Waals surface area contributed by atoms with E-state index in [4.69, 9.17) is 12.2 Å². The molecule has 6 nitrogen and oxygen atoms in total. The Morgan fingerprint density at radius 2 is 1.76 bits per heavy atom. The van der Waals surface area contributed by atoms with Gasteiger partial charge in [-0.1, -0.05) is 36.4 Å². The number of rotatable bonds is 6. The predicted octanol–water partition coefficient (Wildman–Crippen LogP) is 5.74. The fraction of sp³-hybridized carbons (Fsp3) is 0.0417. The van der Waals surface area contributed by atoms with Crippen molar-refractivity contribution in [3.8, 4) is 11.3 Å². The molecule has 0 atom stereocenters. The van der Waals surface area contributed by atoms with Crippen LogP contribution in [0.25, 0.3) is 22.2 Å². The Labute approximate surface area is 200 Å². The summed E-state index contributed by atoms with van der Waals surface area (Å²) in [6, 6.07) is 19.9. The maximum atomic E-state index is 13.1. The SMILES string of the molecule is O=S(=O)(Nc1ccc(-c2csc(=S)n2Cc2cccnc2)cc1)c1cccc2cccnc12. The van der Waals surface area contributed by atoms with Crippen LogP contribution in [0.4, 0.5) is 5.69 Å². The third kappa shape index (κ3) is 4.43. The zero-order valence-electron chi connectivity index (χ0n) is 17.3. The predicted molar refractivity (Wildman–Crippen MR) is 134 cm³/mol. The van der Waals surface area contributed by atoms with E-state index in [-0.39, 0.29) is 4.90 Å². The average Bonchev–Trinajstić information content (AvgIpc) is 3.19. The van der Waals surface area contributed by atoms with Gasteiger partial charge in [0.1, 0.15) is 4.90 Å². The number of fused-ring (bicyclic) bond motifs is 1. The summed E-state index contributed by atoms with van der Waals surface area (Å²) in [5.74, 6) is 0. The summed E-state index contributed by atoms with van der Waals surface area (Å²) in [6.07, 6.45) is 5.15. The molecule has 0 aliphatic carbocycles. The second-order valence-corrected chi connectivity index (χ2v) is 10.5. The van der Waals surface area contributed by atoms with E-state index in [0.717, 1.165) is 26.2 Å². The normalized spacial score (nSPS) is 11.5. The van der Waals surface area contributed by atoms with Gasteiger partial charge >= 0.3 is 0 Å². The quantitative estimate of drug-likeness (QED) is 0.307. The molecule has 0 aliphatic rings. The summed E-state index contributed by atoms with van der Waals surface area (Å²) >= 11 is 7.02. The minimum Gasteiger partial charge on any atom is -0.318 e. The number of para-hydroxylation sites is 1. The van der Waals surface area contributed by atoms with Gasteiger partial charge in [-0.2, -0.15) is 0 Å². The Morgan fingerprint density at radius 3 is 2.55 bits per heavy atom. The molecule has 0 bridgehead atoms. The van der Waals surface area contributed by atoms with Gasteiger partial charge in [-0.15, -0.1) is 11.3 Å². The molecule has 5 aromatic rings. The second-order valence-electron chi connectivity index (χ2n) is 7.35. The monoisotopic (exact) mass is 490 g/mol. The number of hydrogen-bond acceptors (Lipinski definition) is 6. The highest BCUT2D eigenvalue weighted by Gasteiger charge is 2.18. The number of anilines is 1. The number of benzene rings is 2. The van der Waals surface area contributed by atoms with E-state index in [1.807, 2.05) is 48.0 Å². The smallest absolute Gasteiger partial charge is 0.264 e. The molecule has 0 saturated heterocycles. The van der Waals surface area contributed by atoms with Crippen LogP contribution in [0.1, 0.15) is 5.56 Å². The van der Waals surface area contributed by atoms with Gasteiger partial charge in [0.05, 0.1) is 17.8 Å². The van der Waals surface area contributed by atoms with Crippen molar-refractivity contribution in [1.82, 2.24) is 14.5 Å². The van der Waals surface area contributed by atoms with Gasteiger partial charge in [-0.25, -0.2) is 8.42 Å². The van der Waals surface area contributed by atoms with Crippen LogP contribution in [-0.2, 0) is 16.6 Å². The van der Waals surface area contributed by atoms with Crippen LogP contribution >= 0.6 is 23.6 Å². The maximum absolute atomic E-state index is 13.1. The lowest BCUT2D eigenvalue weighted by Gasteiger charge is -2.12. The van der Waals surface area contributed by atoms with E-state index in [2.05, 4.69) is 19.3 Å². The average molecular weight is 491 g/mol. The molecule has 0 radical (unpaired) electrons. The van der Waals surface area contributed by atoms with E-state index in [0.29, 0.717) is 17.7 Å². The molecule has 0 saturated carbocycles. The Bertz CT molecular complexity index is 1590. The molecule has 5 rings (SSSR count). The topological polar surface area (TPSA) is 76.9 Å². The van der Waals surface area contributed by atoms with Crippen LogP contribution in [0.15, 0.2) is 95.6 Å². The van der Waals surface area contributed by atoms with Gasteiger partial charge in [0.25, 0.3) is 10.0 Å². The maximum Gasteiger partial charge on any atom is 0.264 e. The zero-order chi connectivity index (χ0) is 22.8. The van der Waals surface area contributed by atoms with Crippen molar-refractivity contribution in [1.29, 1.82) is 0 Å². The van der Waals surface area contributed by atoms with Gasteiger partial charge < -0.3 is 4.57 Å². The Kier molecular flexibility index (Phi) is 5.76. The van der Waals surface area contributed by atoms with E-state index in [1.54, 1.807) is 42.7 Å². The van der Waals surface area contributed by atoms with Crippen molar-refractivity contribution in [3.05, 3.63) is 100 Å². The van der Waals surface area contributed by atoms with Crippen LogP contribution in [0.2, 0.25) is 0 Å². The summed E-state index contributed by atoms with van der Waals surface area (Å²) < 4.78 is 31.6. The number of pyridine rings is 2. The standard InChI is InChI=1S/C24H18N4O2S3/c29-33(30,22-7-1-5-19-6-3-13-26-23(19)22)27-20-10-8-18(9-11-20)21-16-32-24(31)28(21)15-17-4-2-12-25-14-17/h1-14,16,27H,15H2. The lowest BCUT2D eigenvalue weighted by atomic mass is 10.1. The molecular formula is C24H18N4O2S3. The molecular weight excluding hydrogens is 472 g/mol. The minimum atomic E-state index is -3.80. The summed E-state index contributed by atoms with van der Waals surface area (Å²) in [5.41, 5.74) is 3.89. The van der Waals surface area contributed by atoms with Gasteiger partial charge in [-0.05, 0) is 53.7 Å². The molecule has 2 aromatic carbocycles. The second kappa shape index (κ2) is 8.86. The fourth-order valence-corrected chi connectivity index (χ4v) is 5.90. The van der Waals surface area contributed by atoms with Crippen LogP contribution in [0, 0.1) is 3.95 Å². The van der Waals surface area contributed by atoms with Gasteiger partial charge in [0.2, 0.25) is 0 Å². The Hall–Kier alpha value is -3.40. The van der Waals surface area contributed by atoms with Crippen molar-refractivity contribution < 1.29 is 8.42 Å². The Balaban J connectivity index is 1.42. The van der Waals surface area contributed by atoms with Gasteiger partial charge in [0, 0.05) is 35.0 Å². The molecule has 0 fully saturated rings. The van der Waals surface area contributed by atoms with Gasteiger partial charge in [-0.3, -0.25) is 14.7 Å². The highest BCUT2D eigenvalue weighted by molar-refractivity contribution is 7.93. The highest BCUT2D eigenvalue weighted by Crippen LogP contribution is 2.28. The molecule has 33 heavy (non-hydrogen) atoms. The summed E-state index contributed by atoms with van der Waals surface area (Å²) in [6.45, 7) is 0.619. The van der Waals surface area contributed by atoms with Crippen LogP contribution < -0.4 is 4.72 Å². The first-order chi connectivity index (χ1) is 16.0. The first kappa shape index (κ1) is 21.4. The van der Waals surface area contributed by atoms with E-state index < -0.39 is 10.0 Å². The van der Waals surface area contributed by atoms with E-state index in [9.17, 15) is 8.42 Å². The number of nitrogens with one attached hydrogen (secondary N) is 1. The summed E-state index contributed by atoms with van der Waals surface area (Å²) in [5, 5.41) is 2.78. The third-order valence-electron chi connectivity index (χ3n) is 5.16. The van der Waals surface area contributed by atoms with Crippen molar-refractivity contribution in [2.75, 3.05) is 4.72 Å². The van der Waals surface area contributed by atoms with Crippen LogP contribution in [0.5, 0.6) is 0 Å². The molecule has 0 unspecified atom stereocenters. The van der Waals surface area contributed by atoms with Crippen molar-refractivity contribution >= 4 is 50.2 Å². The molecule has 3 aromatic heterocycles. The van der Waals surface area contributed by atoms with Crippen molar-refractivity contribution in [2.24, 2.45) is 0 Å². The zero-order valence-corrected chi connectivity index (χ0v) is 19.7. The van der Waals surface area contributed by atoms with Crippen LogP contribution in [0.3, 0.4) is 0 Å². The lowest BCUT2D eigenvalue weighted by molar-refractivity contribution is 0.602. The highest BCUT2D eigenvalue weighted by atomic mass is 32.2. The lowest BCUT2D eigenvalue weighted by Crippen LogP contribution is -2.13. The number of hydrogen-bond donors (Lipinski definition) is 1. The van der Waals surface area contributed by atoms with Gasteiger partial charge in [0.15, 0.2) is 3.95 Å². The molecule has 0 spiro atoms. The minimum absolute atomic E-state index is 0.146. The first-order valence-electron chi connectivity index (χ1n) is 10.1. The largest absolute Gasteiger partial charge is 0.318 e. The molecule has 0 aliphatic heterocycles. The number of aromatic nitrogens is 3. The van der Waals surface area contributed by atoms with Crippen molar-refractivity contribution in [3.63, 3.8) is 0 Å². The molecule has 1 N–H and O–H groups in total. The number of sulfonamides is 1. The molecule has 3 heterocycles. The van der Waals surface area contributed by atoms with Crippen LogP contribution in [-0.4, -0.2) is 23.0 Å². The third-order valence-corrected chi connectivity index (χ3v) is 7.85. The van der Waals surface area contributed by atoms with E-state index >= 15 is 0 Å². The Morgan fingerprint density at radius 1 is 0.970 bits per heavy atom. The number of nitrogens with zero attached hydrogens (tertiary/aromatic N) is 3.